The zero-order valence-electron chi connectivity index (χ0n) is 5.98. The van der Waals surface area contributed by atoms with E-state index in [1.54, 1.807) is 0 Å². The third-order valence-corrected chi connectivity index (χ3v) is 1.34. The van der Waals surface area contributed by atoms with Crippen LogP contribution in [-0.4, -0.2) is 5.91 Å². The lowest BCUT2D eigenvalue weighted by Gasteiger charge is -2.06. The van der Waals surface area contributed by atoms with Crippen LogP contribution in [0.15, 0.2) is 23.4 Å². The Morgan fingerprint density at radius 3 is 2.67 bits per heavy atom. The zero-order valence-corrected chi connectivity index (χ0v) is 5.98. The third-order valence-electron chi connectivity index (χ3n) is 1.34. The number of primary amides is 1. The molecule has 1 amide bonds. The van der Waals surface area contributed by atoms with Crippen LogP contribution < -0.4 is 10.8 Å². The van der Waals surface area contributed by atoms with E-state index in [0.29, 0.717) is 0 Å². The number of amides is 1. The molecule has 62 valence electrons. The van der Waals surface area contributed by atoms with Gasteiger partial charge < -0.3 is 10.8 Å². The van der Waals surface area contributed by atoms with E-state index in [2.05, 4.69) is 5.18 Å². The van der Waals surface area contributed by atoms with Crippen LogP contribution >= 0.6 is 0 Å². The van der Waals surface area contributed by atoms with Crippen LogP contribution in [0, 0.1) is 4.91 Å². The van der Waals surface area contributed by atoms with E-state index in [-0.39, 0.29) is 11.3 Å². The Hall–Kier alpha value is -1.91. The first-order chi connectivity index (χ1) is 5.65. The minimum atomic E-state index is -0.695. The number of nitrogens with two attached hydrogens (primary N) is 1. The predicted octanol–water partition coefficient (Wildman–Crippen LogP) is 0.257. The van der Waals surface area contributed by atoms with Gasteiger partial charge in [-0.05, 0) is 17.3 Å². The molecule has 0 radical (unpaired) electrons. The third kappa shape index (κ3) is 1.39. The van der Waals surface area contributed by atoms with Crippen molar-refractivity contribution in [3.05, 3.63) is 28.7 Å². The van der Waals surface area contributed by atoms with Gasteiger partial charge in [0.05, 0.1) is 0 Å². The maximum atomic E-state index is 10.8. The Balaban J connectivity index is 3.22. The maximum absolute atomic E-state index is 10.8. The molecule has 1 rings (SSSR count). The highest BCUT2D eigenvalue weighted by Crippen LogP contribution is 2.23. The number of carbonyl (C=O) groups is 1. The molecule has 0 aliphatic heterocycles. The number of carbonyl (C=O) groups excluding carboxylic acids is 1. The first-order valence-electron chi connectivity index (χ1n) is 3.09. The minimum Gasteiger partial charge on any atom is -0.871 e. The normalized spacial score (nSPS) is 9.33. The molecule has 0 unspecified atom stereocenters. The molecule has 0 aliphatic rings. The minimum absolute atomic E-state index is 0.101. The van der Waals surface area contributed by atoms with Crippen LogP contribution in [0.2, 0.25) is 0 Å². The van der Waals surface area contributed by atoms with Gasteiger partial charge in [0.15, 0.2) is 0 Å². The van der Waals surface area contributed by atoms with Gasteiger partial charge in [0.2, 0.25) is 5.91 Å². The molecule has 0 atom stereocenters. The molecule has 1 aromatic carbocycles. The van der Waals surface area contributed by atoms with Crippen molar-refractivity contribution in [1.82, 2.24) is 0 Å². The van der Waals surface area contributed by atoms with Crippen molar-refractivity contribution in [2.75, 3.05) is 0 Å². The van der Waals surface area contributed by atoms with Gasteiger partial charge in [-0.1, -0.05) is 11.8 Å². The van der Waals surface area contributed by atoms with Crippen LogP contribution in [-0.2, 0) is 0 Å². The fourth-order valence-corrected chi connectivity index (χ4v) is 0.742. The molecule has 0 heterocycles. The number of hydrogen-bond acceptors (Lipinski definition) is 4. The Bertz CT molecular complexity index is 335. The highest BCUT2D eigenvalue weighted by atomic mass is 16.3. The summed E-state index contributed by atoms with van der Waals surface area (Å²) in [6.07, 6.45) is 0. The summed E-state index contributed by atoms with van der Waals surface area (Å²) in [7, 11) is 0. The lowest BCUT2D eigenvalue weighted by atomic mass is 10.2. The number of nitrogens with zero attached hydrogens (tertiary/aromatic N) is 1. The molecule has 5 nitrogen and oxygen atoms in total. The monoisotopic (exact) mass is 165 g/mol. The van der Waals surface area contributed by atoms with Crippen molar-refractivity contribution in [1.29, 1.82) is 0 Å². The van der Waals surface area contributed by atoms with E-state index < -0.39 is 11.7 Å². The second kappa shape index (κ2) is 3.00. The molecule has 0 aromatic heterocycles. The van der Waals surface area contributed by atoms with E-state index in [1.165, 1.54) is 6.07 Å². The summed E-state index contributed by atoms with van der Waals surface area (Å²) in [5.74, 6) is -1.21. The molecule has 0 fully saturated rings. The van der Waals surface area contributed by atoms with Crippen LogP contribution in [0.4, 0.5) is 5.69 Å². The van der Waals surface area contributed by atoms with Crippen LogP contribution in [0.1, 0.15) is 10.4 Å². The standard InChI is InChI=1S/C7H6N2O3/c8-7(11)4-1-2-6(10)5(3-4)9-12/h1-3,10H,(H2,8,11)/p-1. The van der Waals surface area contributed by atoms with Gasteiger partial charge >= 0.3 is 0 Å². The van der Waals surface area contributed by atoms with Crippen molar-refractivity contribution in [3.8, 4) is 5.75 Å². The maximum Gasteiger partial charge on any atom is 0.248 e. The molecule has 12 heavy (non-hydrogen) atoms. The summed E-state index contributed by atoms with van der Waals surface area (Å²) in [5, 5.41) is 13.2. The fraction of sp³-hybridized carbons (Fsp3) is 0. The van der Waals surface area contributed by atoms with Crippen molar-refractivity contribution in [2.45, 2.75) is 0 Å². The molecule has 0 saturated heterocycles. The van der Waals surface area contributed by atoms with Gasteiger partial charge in [-0.15, -0.1) is 4.91 Å². The molecule has 1 aromatic rings. The van der Waals surface area contributed by atoms with Gasteiger partial charge in [0.25, 0.3) is 0 Å². The number of rotatable bonds is 2. The molecule has 0 saturated carbocycles. The summed E-state index contributed by atoms with van der Waals surface area (Å²) >= 11 is 0. The van der Waals surface area contributed by atoms with Crippen LogP contribution in [0.5, 0.6) is 5.75 Å². The second-order valence-electron chi connectivity index (χ2n) is 2.14. The van der Waals surface area contributed by atoms with Gasteiger partial charge in [0.1, 0.15) is 5.69 Å². The Labute approximate surface area is 67.8 Å². The second-order valence-corrected chi connectivity index (χ2v) is 2.14. The van der Waals surface area contributed by atoms with E-state index in [0.717, 1.165) is 12.1 Å². The van der Waals surface area contributed by atoms with Gasteiger partial charge in [-0.25, -0.2) is 0 Å². The average Bonchev–Trinajstić information content (AvgIpc) is 2.05. The summed E-state index contributed by atoms with van der Waals surface area (Å²) < 4.78 is 0. The van der Waals surface area contributed by atoms with Crippen molar-refractivity contribution < 1.29 is 9.90 Å². The van der Waals surface area contributed by atoms with Crippen molar-refractivity contribution in [3.63, 3.8) is 0 Å². The largest absolute Gasteiger partial charge is 0.871 e. The number of benzene rings is 1. The van der Waals surface area contributed by atoms with E-state index in [1.807, 2.05) is 0 Å². The first kappa shape index (κ1) is 8.19. The molecule has 0 bridgehead atoms. The summed E-state index contributed by atoms with van der Waals surface area (Å²) in [5.41, 5.74) is 4.70. The highest BCUT2D eigenvalue weighted by molar-refractivity contribution is 5.93. The SMILES string of the molecule is NC(=O)c1ccc([O-])c(N=O)c1. The molecule has 0 spiro atoms. The molecule has 2 N–H and O–H groups in total. The van der Waals surface area contributed by atoms with Crippen molar-refractivity contribution >= 4 is 11.6 Å². The Kier molecular flexibility index (Phi) is 2.05. The smallest absolute Gasteiger partial charge is 0.248 e. The zero-order chi connectivity index (χ0) is 9.14. The lowest BCUT2D eigenvalue weighted by Crippen LogP contribution is -2.10. The quantitative estimate of drug-likeness (QED) is 0.636. The van der Waals surface area contributed by atoms with Gasteiger partial charge in [-0.2, -0.15) is 0 Å². The lowest BCUT2D eigenvalue weighted by molar-refractivity contribution is -0.267. The molecule has 0 aliphatic carbocycles. The molecule has 5 heteroatoms. The van der Waals surface area contributed by atoms with Crippen LogP contribution in [0.3, 0.4) is 0 Å². The van der Waals surface area contributed by atoms with Crippen molar-refractivity contribution in [2.24, 2.45) is 10.9 Å². The van der Waals surface area contributed by atoms with E-state index >= 15 is 0 Å². The fourth-order valence-electron chi connectivity index (χ4n) is 0.742. The topological polar surface area (TPSA) is 95.6 Å². The summed E-state index contributed by atoms with van der Waals surface area (Å²) in [4.78, 5) is 20.6. The highest BCUT2D eigenvalue weighted by Gasteiger charge is 2.01. The summed E-state index contributed by atoms with van der Waals surface area (Å²) in [6, 6.07) is 3.40. The number of hydrogen-bond donors (Lipinski definition) is 1. The van der Waals surface area contributed by atoms with E-state index in [4.69, 9.17) is 5.73 Å². The average molecular weight is 165 g/mol. The van der Waals surface area contributed by atoms with Gasteiger partial charge in [0, 0.05) is 5.56 Å². The molecular formula is C7H5N2O3-. The van der Waals surface area contributed by atoms with E-state index in [9.17, 15) is 14.8 Å². The Morgan fingerprint density at radius 1 is 1.50 bits per heavy atom. The Morgan fingerprint density at radius 2 is 2.17 bits per heavy atom. The summed E-state index contributed by atoms with van der Waals surface area (Å²) in [6.45, 7) is 0. The van der Waals surface area contributed by atoms with Gasteiger partial charge in [-0.3, -0.25) is 4.79 Å². The number of nitroso groups, excluding NO2 is 1. The molecular weight excluding hydrogens is 160 g/mol. The van der Waals surface area contributed by atoms with Crippen LogP contribution in [0.25, 0.3) is 0 Å². The predicted molar refractivity (Wildman–Crippen MR) is 39.9 cm³/mol. The first-order valence-corrected chi connectivity index (χ1v) is 3.09.